The minimum Gasteiger partial charge on any atom is -0.379 e. The van der Waals surface area contributed by atoms with Gasteiger partial charge < -0.3 is 5.32 Å². The quantitative estimate of drug-likeness (QED) is 0.631. The van der Waals surface area contributed by atoms with Crippen LogP contribution in [0.4, 0.5) is 5.69 Å². The zero-order valence-electron chi connectivity index (χ0n) is 12.4. The Hall–Kier alpha value is -1.03. The lowest BCUT2D eigenvalue weighted by atomic mass is 9.98. The highest BCUT2D eigenvalue weighted by molar-refractivity contribution is 14.1. The maximum atomic E-state index is 3.56. The number of hydrogen-bond donors (Lipinski definition) is 1. The molecule has 1 N–H and O–H groups in total. The Morgan fingerprint density at radius 3 is 2.00 bits per heavy atom. The van der Waals surface area contributed by atoms with E-state index in [2.05, 4.69) is 97.2 Å². The van der Waals surface area contributed by atoms with Crippen LogP contribution in [0.2, 0.25) is 0 Å². The van der Waals surface area contributed by atoms with Crippen molar-refractivity contribution in [1.29, 1.82) is 0 Å². The van der Waals surface area contributed by atoms with Crippen molar-refractivity contribution in [3.05, 3.63) is 63.2 Å². The monoisotopic (exact) mass is 379 g/mol. The molecule has 0 radical (unpaired) electrons. The van der Waals surface area contributed by atoms with Crippen molar-refractivity contribution >= 4 is 28.3 Å². The van der Waals surface area contributed by atoms with E-state index >= 15 is 0 Å². The van der Waals surface area contributed by atoms with Crippen LogP contribution in [0.5, 0.6) is 0 Å². The lowest BCUT2D eigenvalue weighted by Crippen LogP contribution is -2.06. The highest BCUT2D eigenvalue weighted by atomic mass is 127. The molecule has 2 rings (SSSR count). The molecule has 0 aliphatic rings. The molecule has 20 heavy (non-hydrogen) atoms. The fraction of sp³-hybridized carbons (Fsp3) is 0.333. The van der Waals surface area contributed by atoms with Gasteiger partial charge in [-0.15, -0.1) is 0 Å². The van der Waals surface area contributed by atoms with E-state index in [1.54, 1.807) is 0 Å². The van der Waals surface area contributed by atoms with E-state index in [1.807, 2.05) is 0 Å². The largest absolute Gasteiger partial charge is 0.379 e. The molecule has 0 heterocycles. The van der Waals surface area contributed by atoms with Gasteiger partial charge in [0.1, 0.15) is 0 Å². The zero-order chi connectivity index (χ0) is 14.5. The Balaban J connectivity index is 2.04. The van der Waals surface area contributed by atoms with Crippen molar-refractivity contribution < 1.29 is 0 Å². The second-order valence-corrected chi connectivity index (χ2v) is 6.59. The molecule has 2 aromatic rings. The van der Waals surface area contributed by atoms with Gasteiger partial charge >= 0.3 is 0 Å². The lowest BCUT2D eigenvalue weighted by Gasteiger charge is -2.17. The minimum absolute atomic E-state index is 0.321. The molecule has 2 aromatic carbocycles. The van der Waals surface area contributed by atoms with Crippen LogP contribution >= 0.6 is 22.6 Å². The average Bonchev–Trinajstić information content (AvgIpc) is 2.48. The van der Waals surface area contributed by atoms with E-state index in [1.165, 1.54) is 26.8 Å². The molecule has 0 bridgehead atoms. The fourth-order valence-corrected chi connectivity index (χ4v) is 2.59. The molecule has 0 aromatic heterocycles. The molecule has 106 valence electrons. The van der Waals surface area contributed by atoms with Crippen LogP contribution in [-0.2, 0) is 0 Å². The zero-order valence-corrected chi connectivity index (χ0v) is 14.5. The van der Waals surface area contributed by atoms with Gasteiger partial charge in [0, 0.05) is 15.3 Å². The minimum atomic E-state index is 0.321. The first-order valence-electron chi connectivity index (χ1n) is 7.22. The molecule has 0 saturated carbocycles. The predicted octanol–water partition coefficient (Wildman–Crippen LogP) is 5.98. The number of hydrogen-bond acceptors (Lipinski definition) is 1. The molecular weight excluding hydrogens is 357 g/mol. The second kappa shape index (κ2) is 7.11. The van der Waals surface area contributed by atoms with Crippen molar-refractivity contribution in [2.24, 2.45) is 0 Å². The third kappa shape index (κ3) is 3.98. The molecule has 0 saturated heterocycles. The van der Waals surface area contributed by atoms with Crippen LogP contribution in [-0.4, -0.2) is 0 Å². The molecule has 0 aliphatic heterocycles. The Kier molecular flexibility index (Phi) is 5.46. The summed E-state index contributed by atoms with van der Waals surface area (Å²) in [5.41, 5.74) is 3.92. The van der Waals surface area contributed by atoms with Crippen molar-refractivity contribution in [2.75, 3.05) is 5.32 Å². The highest BCUT2D eigenvalue weighted by Crippen LogP contribution is 2.23. The van der Waals surface area contributed by atoms with Gasteiger partial charge in [-0.05, 0) is 77.2 Å². The first kappa shape index (κ1) is 15.4. The lowest BCUT2D eigenvalue weighted by molar-refractivity contribution is 0.733. The number of anilines is 1. The number of benzene rings is 2. The topological polar surface area (TPSA) is 12.0 Å². The van der Waals surface area contributed by atoms with E-state index in [4.69, 9.17) is 0 Å². The van der Waals surface area contributed by atoms with Crippen LogP contribution in [0, 0.1) is 3.57 Å². The standard InChI is InChI=1S/C18H22IN/c1-4-13(2)15-7-11-18(12-8-15)20-14(3)16-5-9-17(19)10-6-16/h5-14,20H,4H2,1-3H3. The number of halogens is 1. The summed E-state index contributed by atoms with van der Waals surface area (Å²) in [7, 11) is 0. The van der Waals surface area contributed by atoms with Crippen molar-refractivity contribution in [2.45, 2.75) is 39.2 Å². The van der Waals surface area contributed by atoms with Crippen LogP contribution in [0.1, 0.15) is 50.3 Å². The molecule has 2 heteroatoms. The van der Waals surface area contributed by atoms with Gasteiger partial charge in [-0.2, -0.15) is 0 Å². The molecule has 2 unspecified atom stereocenters. The Morgan fingerprint density at radius 2 is 1.45 bits per heavy atom. The average molecular weight is 379 g/mol. The summed E-state index contributed by atoms with van der Waals surface area (Å²) in [6.07, 6.45) is 1.19. The number of rotatable bonds is 5. The summed E-state index contributed by atoms with van der Waals surface area (Å²) in [5, 5.41) is 3.56. The third-order valence-corrected chi connectivity index (χ3v) is 4.56. The summed E-state index contributed by atoms with van der Waals surface area (Å²) >= 11 is 2.34. The van der Waals surface area contributed by atoms with Crippen LogP contribution in [0.25, 0.3) is 0 Å². The Labute approximate surface area is 135 Å². The van der Waals surface area contributed by atoms with Crippen molar-refractivity contribution in [3.8, 4) is 0 Å². The fourth-order valence-electron chi connectivity index (χ4n) is 2.23. The normalized spacial score (nSPS) is 13.8. The molecule has 0 aliphatic carbocycles. The Bertz CT molecular complexity index is 530. The van der Waals surface area contributed by atoms with Gasteiger partial charge in [0.05, 0.1) is 0 Å². The van der Waals surface area contributed by atoms with Crippen molar-refractivity contribution in [1.82, 2.24) is 0 Å². The van der Waals surface area contributed by atoms with Gasteiger partial charge in [0.15, 0.2) is 0 Å². The van der Waals surface area contributed by atoms with E-state index in [-0.39, 0.29) is 0 Å². The summed E-state index contributed by atoms with van der Waals surface area (Å²) in [4.78, 5) is 0. The smallest absolute Gasteiger partial charge is 0.0485 e. The van der Waals surface area contributed by atoms with E-state index in [0.29, 0.717) is 12.0 Å². The van der Waals surface area contributed by atoms with Gasteiger partial charge in [-0.25, -0.2) is 0 Å². The van der Waals surface area contributed by atoms with E-state index in [0.717, 1.165) is 0 Å². The highest BCUT2D eigenvalue weighted by Gasteiger charge is 2.06. The third-order valence-electron chi connectivity index (χ3n) is 3.85. The summed E-state index contributed by atoms with van der Waals surface area (Å²) in [5.74, 6) is 0.637. The molecule has 0 spiro atoms. The van der Waals surface area contributed by atoms with Gasteiger partial charge in [0.2, 0.25) is 0 Å². The van der Waals surface area contributed by atoms with E-state index in [9.17, 15) is 0 Å². The van der Waals surface area contributed by atoms with Crippen LogP contribution < -0.4 is 5.32 Å². The summed E-state index contributed by atoms with van der Waals surface area (Å²) in [6, 6.07) is 17.8. The number of nitrogens with one attached hydrogen (secondary N) is 1. The van der Waals surface area contributed by atoms with E-state index < -0.39 is 0 Å². The summed E-state index contributed by atoms with van der Waals surface area (Å²) < 4.78 is 1.27. The molecular formula is C18H22IN. The van der Waals surface area contributed by atoms with Crippen LogP contribution in [0.3, 0.4) is 0 Å². The molecule has 0 fully saturated rings. The van der Waals surface area contributed by atoms with Crippen molar-refractivity contribution in [3.63, 3.8) is 0 Å². The molecule has 2 atom stereocenters. The first-order valence-corrected chi connectivity index (χ1v) is 8.30. The maximum Gasteiger partial charge on any atom is 0.0485 e. The maximum absolute atomic E-state index is 3.56. The van der Waals surface area contributed by atoms with Gasteiger partial charge in [-0.1, -0.05) is 38.1 Å². The molecule has 0 amide bonds. The predicted molar refractivity (Wildman–Crippen MR) is 96.3 cm³/mol. The van der Waals surface area contributed by atoms with Gasteiger partial charge in [-0.3, -0.25) is 0 Å². The summed E-state index contributed by atoms with van der Waals surface area (Å²) in [6.45, 7) is 6.71. The SMILES string of the molecule is CCC(C)c1ccc(NC(C)c2ccc(I)cc2)cc1. The van der Waals surface area contributed by atoms with Gasteiger partial charge in [0.25, 0.3) is 0 Å². The molecule has 1 nitrogen and oxygen atoms in total. The first-order chi connectivity index (χ1) is 9.60. The Morgan fingerprint density at radius 1 is 0.900 bits per heavy atom. The van der Waals surface area contributed by atoms with Crippen LogP contribution in [0.15, 0.2) is 48.5 Å². The second-order valence-electron chi connectivity index (χ2n) is 5.35.